The van der Waals surface area contributed by atoms with Gasteiger partial charge in [-0.25, -0.2) is 4.39 Å². The van der Waals surface area contributed by atoms with Crippen molar-refractivity contribution in [3.8, 4) is 5.75 Å². The Kier molecular flexibility index (Phi) is 6.77. The molecule has 3 aromatic carbocycles. The van der Waals surface area contributed by atoms with Gasteiger partial charge < -0.3 is 15.0 Å². The van der Waals surface area contributed by atoms with Crippen LogP contribution in [0.25, 0.3) is 0 Å². The van der Waals surface area contributed by atoms with E-state index in [9.17, 15) is 14.0 Å². The molecule has 0 saturated heterocycles. The van der Waals surface area contributed by atoms with E-state index in [1.165, 1.54) is 29.8 Å². The first-order chi connectivity index (χ1) is 17.4. The molecule has 0 bridgehead atoms. The van der Waals surface area contributed by atoms with Gasteiger partial charge in [-0.1, -0.05) is 42.8 Å². The number of carbonyl (C=O) groups is 2. The molecule has 0 aromatic heterocycles. The number of benzene rings is 3. The van der Waals surface area contributed by atoms with Gasteiger partial charge in [0.25, 0.3) is 5.91 Å². The monoisotopic (exact) mass is 486 g/mol. The van der Waals surface area contributed by atoms with E-state index in [-0.39, 0.29) is 29.6 Å². The molecule has 5 nitrogen and oxygen atoms in total. The standard InChI is InChI=1S/C30H31FN2O3/c1-3-27(29(34)32-24-12-10-23(31)11-13-24)36-25-14-9-20-15-16-33(30(35)21-7-8-21)28(26(20)18-25)22-6-4-5-19(2)17-22/h4-6,9-14,17-18,21,27-28H,3,7-8,15-16H2,1-2H3,(H,32,34)/t27-,28+/m1/s1. The molecule has 1 saturated carbocycles. The van der Waals surface area contributed by atoms with E-state index in [1.54, 1.807) is 0 Å². The predicted octanol–water partition coefficient (Wildman–Crippen LogP) is 5.81. The maximum absolute atomic E-state index is 13.3. The van der Waals surface area contributed by atoms with Crippen molar-refractivity contribution in [3.05, 3.63) is 94.8 Å². The zero-order chi connectivity index (χ0) is 25.2. The van der Waals surface area contributed by atoms with Crippen molar-refractivity contribution in [3.63, 3.8) is 0 Å². The Morgan fingerprint density at radius 1 is 1.08 bits per heavy atom. The fourth-order valence-corrected chi connectivity index (χ4v) is 4.91. The number of amides is 2. The van der Waals surface area contributed by atoms with Crippen molar-refractivity contribution in [1.82, 2.24) is 4.90 Å². The predicted molar refractivity (Wildman–Crippen MR) is 137 cm³/mol. The molecular formula is C30H31FN2O3. The van der Waals surface area contributed by atoms with Gasteiger partial charge in [-0.05, 0) is 85.7 Å². The zero-order valence-electron chi connectivity index (χ0n) is 20.7. The van der Waals surface area contributed by atoms with Crippen LogP contribution in [0, 0.1) is 18.7 Å². The van der Waals surface area contributed by atoms with Crippen LogP contribution >= 0.6 is 0 Å². The first-order valence-corrected chi connectivity index (χ1v) is 12.7. The largest absolute Gasteiger partial charge is 0.481 e. The van der Waals surface area contributed by atoms with Gasteiger partial charge in [-0.3, -0.25) is 9.59 Å². The summed E-state index contributed by atoms with van der Waals surface area (Å²) in [5.74, 6) is 0.306. The average Bonchev–Trinajstić information content (AvgIpc) is 3.73. The molecule has 0 radical (unpaired) electrons. The van der Waals surface area contributed by atoms with E-state index in [0.29, 0.717) is 24.4 Å². The lowest BCUT2D eigenvalue weighted by atomic mass is 9.87. The summed E-state index contributed by atoms with van der Waals surface area (Å²) >= 11 is 0. The molecule has 6 heteroatoms. The number of nitrogens with zero attached hydrogens (tertiary/aromatic N) is 1. The molecule has 5 rings (SSSR count). The second-order valence-corrected chi connectivity index (χ2v) is 9.74. The van der Waals surface area contributed by atoms with Crippen LogP contribution in [0.5, 0.6) is 5.75 Å². The lowest BCUT2D eigenvalue weighted by Crippen LogP contribution is -2.41. The molecule has 36 heavy (non-hydrogen) atoms. The van der Waals surface area contributed by atoms with Crippen LogP contribution in [0.4, 0.5) is 10.1 Å². The number of ether oxygens (including phenoxy) is 1. The third-order valence-corrected chi connectivity index (χ3v) is 6.97. The smallest absolute Gasteiger partial charge is 0.265 e. The Labute approximate surface area is 211 Å². The second kappa shape index (κ2) is 10.1. The number of hydrogen-bond acceptors (Lipinski definition) is 3. The lowest BCUT2D eigenvalue weighted by molar-refractivity contribution is -0.134. The Hall–Kier alpha value is -3.67. The molecular weight excluding hydrogens is 455 g/mol. The van der Waals surface area contributed by atoms with Crippen molar-refractivity contribution >= 4 is 17.5 Å². The van der Waals surface area contributed by atoms with Crippen LogP contribution in [0.15, 0.2) is 66.7 Å². The van der Waals surface area contributed by atoms with Crippen LogP contribution in [0.3, 0.4) is 0 Å². The van der Waals surface area contributed by atoms with Gasteiger partial charge in [0.2, 0.25) is 5.91 Å². The van der Waals surface area contributed by atoms with Crippen molar-refractivity contribution in [2.75, 3.05) is 11.9 Å². The molecule has 2 amide bonds. The third-order valence-electron chi connectivity index (χ3n) is 6.97. The molecule has 0 unspecified atom stereocenters. The van der Waals surface area contributed by atoms with E-state index >= 15 is 0 Å². The van der Waals surface area contributed by atoms with Gasteiger partial charge in [-0.2, -0.15) is 0 Å². The van der Waals surface area contributed by atoms with E-state index in [2.05, 4.69) is 36.5 Å². The molecule has 1 heterocycles. The molecule has 3 aromatic rings. The van der Waals surface area contributed by atoms with Gasteiger partial charge in [0.1, 0.15) is 11.6 Å². The normalized spacial score (nSPS) is 17.8. The van der Waals surface area contributed by atoms with Crippen LogP contribution in [-0.2, 0) is 16.0 Å². The molecule has 1 aliphatic heterocycles. The number of anilines is 1. The zero-order valence-corrected chi connectivity index (χ0v) is 20.7. The van der Waals surface area contributed by atoms with Gasteiger partial charge >= 0.3 is 0 Å². The van der Waals surface area contributed by atoms with E-state index in [4.69, 9.17) is 4.74 Å². The first kappa shape index (κ1) is 24.0. The third kappa shape index (κ3) is 5.13. The Morgan fingerprint density at radius 2 is 1.86 bits per heavy atom. The lowest BCUT2D eigenvalue weighted by Gasteiger charge is -2.38. The molecule has 0 spiro atoms. The minimum Gasteiger partial charge on any atom is -0.481 e. The van der Waals surface area contributed by atoms with Gasteiger partial charge in [0, 0.05) is 18.2 Å². The summed E-state index contributed by atoms with van der Waals surface area (Å²) in [6.45, 7) is 4.64. The van der Waals surface area contributed by atoms with Crippen LogP contribution in [0.2, 0.25) is 0 Å². The number of hydrogen-bond donors (Lipinski definition) is 1. The Morgan fingerprint density at radius 3 is 2.56 bits per heavy atom. The minimum absolute atomic E-state index is 0.137. The van der Waals surface area contributed by atoms with Gasteiger partial charge in [-0.15, -0.1) is 0 Å². The second-order valence-electron chi connectivity index (χ2n) is 9.74. The molecule has 1 fully saturated rings. The maximum Gasteiger partial charge on any atom is 0.265 e. The van der Waals surface area contributed by atoms with Crippen molar-refractivity contribution in [2.45, 2.75) is 51.7 Å². The number of nitrogens with one attached hydrogen (secondary N) is 1. The summed E-state index contributed by atoms with van der Waals surface area (Å²) in [6.07, 6.45) is 2.48. The highest BCUT2D eigenvalue weighted by Crippen LogP contribution is 2.41. The highest BCUT2D eigenvalue weighted by molar-refractivity contribution is 5.94. The number of fused-ring (bicyclic) bond motifs is 1. The molecule has 1 aliphatic carbocycles. The van der Waals surface area contributed by atoms with Crippen molar-refractivity contribution in [1.29, 1.82) is 0 Å². The quantitative estimate of drug-likeness (QED) is 0.458. The fraction of sp³-hybridized carbons (Fsp3) is 0.333. The number of rotatable bonds is 7. The van der Waals surface area contributed by atoms with E-state index in [0.717, 1.165) is 36.0 Å². The summed E-state index contributed by atoms with van der Waals surface area (Å²) in [7, 11) is 0. The number of carbonyl (C=O) groups excluding carboxylic acids is 2. The van der Waals surface area contributed by atoms with Crippen molar-refractivity contribution in [2.24, 2.45) is 5.92 Å². The molecule has 1 N–H and O–H groups in total. The van der Waals surface area contributed by atoms with Gasteiger partial charge in [0.05, 0.1) is 6.04 Å². The topological polar surface area (TPSA) is 58.6 Å². The van der Waals surface area contributed by atoms with Crippen LogP contribution in [0.1, 0.15) is 54.5 Å². The summed E-state index contributed by atoms with van der Waals surface area (Å²) in [6, 6.07) is 19.7. The van der Waals surface area contributed by atoms with Crippen LogP contribution < -0.4 is 10.1 Å². The SMILES string of the molecule is CC[C@@H](Oc1ccc2c(c1)[C@H](c1cccc(C)c1)N(C(=O)C1CC1)CC2)C(=O)Nc1ccc(F)cc1. The Bertz CT molecular complexity index is 1270. The van der Waals surface area contributed by atoms with E-state index < -0.39 is 6.10 Å². The highest BCUT2D eigenvalue weighted by Gasteiger charge is 2.39. The highest BCUT2D eigenvalue weighted by atomic mass is 19.1. The van der Waals surface area contributed by atoms with Gasteiger partial charge in [0.15, 0.2) is 6.10 Å². The fourth-order valence-electron chi connectivity index (χ4n) is 4.91. The Balaban J connectivity index is 1.42. The minimum atomic E-state index is -0.710. The molecule has 2 atom stereocenters. The molecule has 186 valence electrons. The summed E-state index contributed by atoms with van der Waals surface area (Å²) in [5.41, 5.74) is 4.99. The summed E-state index contributed by atoms with van der Waals surface area (Å²) in [5, 5.41) is 2.80. The average molecular weight is 487 g/mol. The first-order valence-electron chi connectivity index (χ1n) is 12.7. The van der Waals surface area contributed by atoms with Crippen molar-refractivity contribution < 1.29 is 18.7 Å². The maximum atomic E-state index is 13.3. The van der Waals surface area contributed by atoms with Crippen LogP contribution in [-0.4, -0.2) is 29.4 Å². The molecule has 2 aliphatic rings. The van der Waals surface area contributed by atoms with E-state index in [1.807, 2.05) is 30.0 Å². The number of halogens is 1. The number of aryl methyl sites for hydroxylation is 1. The summed E-state index contributed by atoms with van der Waals surface area (Å²) < 4.78 is 19.4. The summed E-state index contributed by atoms with van der Waals surface area (Å²) in [4.78, 5) is 28.2.